The lowest BCUT2D eigenvalue weighted by Gasteiger charge is -2.24. The number of aryl methyl sites for hydroxylation is 1. The van der Waals surface area contributed by atoms with E-state index in [2.05, 4.69) is 16.4 Å². The smallest absolute Gasteiger partial charge is 0.0967 e. The summed E-state index contributed by atoms with van der Waals surface area (Å²) in [5.74, 6) is 0. The highest BCUT2D eigenvalue weighted by atomic mass is 16.5. The van der Waals surface area contributed by atoms with Crippen LogP contribution in [0, 0.1) is 6.92 Å². The molecule has 1 aliphatic rings. The van der Waals surface area contributed by atoms with Crippen LogP contribution >= 0.6 is 0 Å². The van der Waals surface area contributed by atoms with Gasteiger partial charge in [0, 0.05) is 30.5 Å². The van der Waals surface area contributed by atoms with E-state index in [4.69, 9.17) is 4.74 Å². The number of nitrogens with one attached hydrogen (secondary N) is 1. The number of aromatic nitrogens is 1. The Kier molecular flexibility index (Phi) is 2.57. The zero-order chi connectivity index (χ0) is 9.10. The van der Waals surface area contributed by atoms with E-state index in [1.807, 2.05) is 19.2 Å². The molecule has 1 aliphatic heterocycles. The average Bonchev–Trinajstić information content (AvgIpc) is 2.20. The highest BCUT2D eigenvalue weighted by molar-refractivity contribution is 5.21. The van der Waals surface area contributed by atoms with Crippen LogP contribution in [0.4, 0.5) is 0 Å². The minimum atomic E-state index is 0.183. The molecule has 1 N–H and O–H groups in total. The molecule has 1 aromatic rings. The minimum Gasteiger partial charge on any atom is -0.371 e. The molecule has 0 saturated carbocycles. The lowest BCUT2D eigenvalue weighted by molar-refractivity contribution is 0.0271. The van der Waals surface area contributed by atoms with Gasteiger partial charge in [0.1, 0.15) is 0 Å². The van der Waals surface area contributed by atoms with E-state index in [0.717, 1.165) is 25.4 Å². The Bertz CT molecular complexity index is 282. The first-order valence-electron chi connectivity index (χ1n) is 4.62. The fraction of sp³-hybridized carbons (Fsp3) is 0.500. The van der Waals surface area contributed by atoms with E-state index in [0.29, 0.717) is 0 Å². The second kappa shape index (κ2) is 3.85. The normalized spacial score (nSPS) is 23.0. The zero-order valence-electron chi connectivity index (χ0n) is 7.79. The Morgan fingerprint density at radius 1 is 1.62 bits per heavy atom. The molecule has 70 valence electrons. The van der Waals surface area contributed by atoms with Gasteiger partial charge in [-0.15, -0.1) is 0 Å². The van der Waals surface area contributed by atoms with Gasteiger partial charge in [0.2, 0.25) is 0 Å². The summed E-state index contributed by atoms with van der Waals surface area (Å²) < 4.78 is 5.64. The van der Waals surface area contributed by atoms with Gasteiger partial charge in [-0.1, -0.05) is 6.07 Å². The molecule has 0 radical (unpaired) electrons. The van der Waals surface area contributed by atoms with Crippen molar-refractivity contribution in [3.63, 3.8) is 0 Å². The Balaban J connectivity index is 2.18. The third-order valence-corrected chi connectivity index (χ3v) is 2.32. The molecule has 1 fully saturated rings. The monoisotopic (exact) mass is 178 g/mol. The fourth-order valence-corrected chi connectivity index (χ4v) is 1.60. The molecule has 0 aromatic carbocycles. The van der Waals surface area contributed by atoms with E-state index < -0.39 is 0 Å². The lowest BCUT2D eigenvalue weighted by Crippen LogP contribution is -2.33. The van der Waals surface area contributed by atoms with Crippen molar-refractivity contribution in [1.82, 2.24) is 10.3 Å². The Morgan fingerprint density at radius 2 is 2.54 bits per heavy atom. The van der Waals surface area contributed by atoms with Crippen LogP contribution < -0.4 is 5.32 Å². The summed E-state index contributed by atoms with van der Waals surface area (Å²) in [6.07, 6.45) is 2.00. The van der Waals surface area contributed by atoms with Crippen molar-refractivity contribution in [3.05, 3.63) is 29.6 Å². The Hall–Kier alpha value is -0.930. The third kappa shape index (κ3) is 1.87. The SMILES string of the molecule is Cc1ncccc1C1CNCCO1. The predicted octanol–water partition coefficient (Wildman–Crippen LogP) is 1.05. The molecule has 0 bridgehead atoms. The first-order valence-corrected chi connectivity index (χ1v) is 4.62. The molecule has 3 heteroatoms. The molecule has 1 unspecified atom stereocenters. The number of pyridine rings is 1. The quantitative estimate of drug-likeness (QED) is 0.698. The van der Waals surface area contributed by atoms with Crippen molar-refractivity contribution < 1.29 is 4.74 Å². The summed E-state index contributed by atoms with van der Waals surface area (Å²) in [5, 5.41) is 3.31. The van der Waals surface area contributed by atoms with E-state index >= 15 is 0 Å². The molecule has 1 atom stereocenters. The molecular weight excluding hydrogens is 164 g/mol. The van der Waals surface area contributed by atoms with Crippen molar-refractivity contribution in [1.29, 1.82) is 0 Å². The number of morpholine rings is 1. The summed E-state index contributed by atoms with van der Waals surface area (Å²) >= 11 is 0. The van der Waals surface area contributed by atoms with Gasteiger partial charge in [-0.3, -0.25) is 4.98 Å². The number of hydrogen-bond acceptors (Lipinski definition) is 3. The fourth-order valence-electron chi connectivity index (χ4n) is 1.60. The number of ether oxygens (including phenoxy) is 1. The highest BCUT2D eigenvalue weighted by Crippen LogP contribution is 2.20. The summed E-state index contributed by atoms with van der Waals surface area (Å²) in [6, 6.07) is 4.04. The third-order valence-electron chi connectivity index (χ3n) is 2.32. The first kappa shape index (κ1) is 8.66. The van der Waals surface area contributed by atoms with Gasteiger partial charge in [0.15, 0.2) is 0 Å². The maximum atomic E-state index is 5.64. The zero-order valence-corrected chi connectivity index (χ0v) is 7.79. The molecule has 0 aliphatic carbocycles. The number of nitrogens with zero attached hydrogens (tertiary/aromatic N) is 1. The summed E-state index contributed by atoms with van der Waals surface area (Å²) in [5.41, 5.74) is 2.27. The van der Waals surface area contributed by atoms with E-state index in [9.17, 15) is 0 Å². The van der Waals surface area contributed by atoms with Gasteiger partial charge in [0.25, 0.3) is 0 Å². The molecule has 0 amide bonds. The Morgan fingerprint density at radius 3 is 3.23 bits per heavy atom. The van der Waals surface area contributed by atoms with Crippen LogP contribution in [0.15, 0.2) is 18.3 Å². The largest absolute Gasteiger partial charge is 0.371 e. The average molecular weight is 178 g/mol. The van der Waals surface area contributed by atoms with Gasteiger partial charge >= 0.3 is 0 Å². The standard InChI is InChI=1S/C10H14N2O/c1-8-9(3-2-4-12-8)10-7-11-5-6-13-10/h2-4,10-11H,5-7H2,1H3. The van der Waals surface area contributed by atoms with Crippen LogP contribution in [0.3, 0.4) is 0 Å². The van der Waals surface area contributed by atoms with Gasteiger partial charge in [-0.05, 0) is 13.0 Å². The van der Waals surface area contributed by atoms with Gasteiger partial charge in [-0.2, -0.15) is 0 Å². The van der Waals surface area contributed by atoms with Gasteiger partial charge < -0.3 is 10.1 Å². The molecule has 2 heterocycles. The van der Waals surface area contributed by atoms with E-state index in [1.54, 1.807) is 0 Å². The minimum absolute atomic E-state index is 0.183. The molecule has 2 rings (SSSR count). The first-order chi connectivity index (χ1) is 6.38. The summed E-state index contributed by atoms with van der Waals surface area (Å²) in [6.45, 7) is 4.66. The van der Waals surface area contributed by atoms with Crippen molar-refractivity contribution >= 4 is 0 Å². The van der Waals surface area contributed by atoms with Crippen LogP contribution in [0.2, 0.25) is 0 Å². The molecule has 0 spiro atoms. The van der Waals surface area contributed by atoms with Crippen LogP contribution in [0.1, 0.15) is 17.4 Å². The van der Waals surface area contributed by atoms with Crippen LogP contribution in [0.25, 0.3) is 0 Å². The molecular formula is C10H14N2O. The van der Waals surface area contributed by atoms with E-state index in [-0.39, 0.29) is 6.10 Å². The van der Waals surface area contributed by atoms with Crippen molar-refractivity contribution in [2.45, 2.75) is 13.0 Å². The number of rotatable bonds is 1. The lowest BCUT2D eigenvalue weighted by atomic mass is 10.1. The maximum absolute atomic E-state index is 5.64. The summed E-state index contributed by atoms with van der Waals surface area (Å²) in [4.78, 5) is 4.25. The van der Waals surface area contributed by atoms with Crippen LogP contribution in [0.5, 0.6) is 0 Å². The molecule has 13 heavy (non-hydrogen) atoms. The highest BCUT2D eigenvalue weighted by Gasteiger charge is 2.17. The predicted molar refractivity (Wildman–Crippen MR) is 50.5 cm³/mol. The van der Waals surface area contributed by atoms with Crippen LogP contribution in [-0.4, -0.2) is 24.7 Å². The van der Waals surface area contributed by atoms with E-state index in [1.165, 1.54) is 5.56 Å². The molecule has 1 aromatic heterocycles. The van der Waals surface area contributed by atoms with Crippen molar-refractivity contribution in [3.8, 4) is 0 Å². The second-order valence-electron chi connectivity index (χ2n) is 3.24. The molecule has 1 saturated heterocycles. The maximum Gasteiger partial charge on any atom is 0.0967 e. The van der Waals surface area contributed by atoms with Gasteiger partial charge in [-0.25, -0.2) is 0 Å². The van der Waals surface area contributed by atoms with Gasteiger partial charge in [0.05, 0.1) is 12.7 Å². The Labute approximate surface area is 78.1 Å². The topological polar surface area (TPSA) is 34.2 Å². The molecule has 3 nitrogen and oxygen atoms in total. The number of hydrogen-bond donors (Lipinski definition) is 1. The van der Waals surface area contributed by atoms with Crippen molar-refractivity contribution in [2.75, 3.05) is 19.7 Å². The summed E-state index contributed by atoms with van der Waals surface area (Å²) in [7, 11) is 0. The van der Waals surface area contributed by atoms with Crippen molar-refractivity contribution in [2.24, 2.45) is 0 Å². The van der Waals surface area contributed by atoms with Crippen LogP contribution in [-0.2, 0) is 4.74 Å². The second-order valence-corrected chi connectivity index (χ2v) is 3.24.